The number of benzene rings is 2. The van der Waals surface area contributed by atoms with Gasteiger partial charge in [-0.2, -0.15) is 0 Å². The summed E-state index contributed by atoms with van der Waals surface area (Å²) in [5.74, 6) is 1.60. The highest BCUT2D eigenvalue weighted by molar-refractivity contribution is 6.06. The third-order valence-electron chi connectivity index (χ3n) is 6.89. The first kappa shape index (κ1) is 21.0. The van der Waals surface area contributed by atoms with E-state index >= 15 is 0 Å². The van der Waals surface area contributed by atoms with Crippen molar-refractivity contribution in [3.63, 3.8) is 0 Å². The molecule has 0 radical (unpaired) electrons. The SMILES string of the molecule is c1ccc2c3nc4nc(nc5[nH]c(nc6nc(nc([nH]3)c2c1)-c1nccnc1-6)c1ccccc51)-c1nccnc1-4. The lowest BCUT2D eigenvalue weighted by atomic mass is 10.2. The Kier molecular flexibility index (Phi) is 4.05. The van der Waals surface area contributed by atoms with Gasteiger partial charge in [-0.3, -0.25) is 0 Å². The molecule has 2 N–H and O–H groups in total. The summed E-state index contributed by atoms with van der Waals surface area (Å²) in [7, 11) is 0. The van der Waals surface area contributed by atoms with Gasteiger partial charge in [-0.15, -0.1) is 0 Å². The van der Waals surface area contributed by atoms with E-state index < -0.39 is 0 Å². The molecule has 0 amide bonds. The highest BCUT2D eigenvalue weighted by Crippen LogP contribution is 2.33. The van der Waals surface area contributed by atoms with Crippen LogP contribution >= 0.6 is 0 Å². The Morgan fingerprint density at radius 1 is 0.350 bits per heavy atom. The molecule has 5 aromatic heterocycles. The molecule has 0 spiro atoms. The summed E-state index contributed by atoms with van der Waals surface area (Å²) < 4.78 is 0. The topological polar surface area (TPSA) is 160 Å². The quantitative estimate of drug-likeness (QED) is 0.293. The number of hydrogen-bond acceptors (Lipinski definition) is 10. The van der Waals surface area contributed by atoms with E-state index in [-0.39, 0.29) is 0 Å². The summed E-state index contributed by atoms with van der Waals surface area (Å²) in [6.07, 6.45) is 6.48. The zero-order valence-electron chi connectivity index (χ0n) is 20.4. The van der Waals surface area contributed by atoms with E-state index in [4.69, 9.17) is 29.9 Å². The van der Waals surface area contributed by atoms with Crippen molar-refractivity contribution in [3.8, 4) is 46.1 Å². The van der Waals surface area contributed by atoms with Crippen molar-refractivity contribution in [1.29, 1.82) is 0 Å². The summed E-state index contributed by atoms with van der Waals surface area (Å²) in [5, 5.41) is 3.48. The number of aromatic amines is 2. The first-order chi connectivity index (χ1) is 19.8. The third-order valence-corrected chi connectivity index (χ3v) is 6.89. The molecule has 7 aromatic rings. The number of nitrogens with one attached hydrogen (secondary N) is 2. The minimum absolute atomic E-state index is 0.401. The lowest BCUT2D eigenvalue weighted by molar-refractivity contribution is 1.18. The summed E-state index contributed by atoms with van der Waals surface area (Å²) in [4.78, 5) is 53.9. The first-order valence-corrected chi connectivity index (χ1v) is 12.4. The van der Waals surface area contributed by atoms with Gasteiger partial charge in [0, 0.05) is 46.3 Å². The number of rotatable bonds is 0. The van der Waals surface area contributed by atoms with Crippen LogP contribution in [0.25, 0.3) is 90.2 Å². The minimum atomic E-state index is 0.401. The number of nitrogens with zero attached hydrogens (tertiary/aromatic N) is 10. The lowest BCUT2D eigenvalue weighted by Gasteiger charge is -1.94. The van der Waals surface area contributed by atoms with Crippen LogP contribution in [0.1, 0.15) is 0 Å². The minimum Gasteiger partial charge on any atom is -0.324 e. The van der Waals surface area contributed by atoms with E-state index in [0.717, 1.165) is 21.5 Å². The third kappa shape index (κ3) is 2.95. The average molecular weight is 519 g/mol. The van der Waals surface area contributed by atoms with E-state index in [1.54, 1.807) is 24.8 Å². The van der Waals surface area contributed by atoms with Crippen molar-refractivity contribution in [2.75, 3.05) is 0 Å². The van der Waals surface area contributed by atoms with E-state index in [1.165, 1.54) is 0 Å². The van der Waals surface area contributed by atoms with E-state index in [9.17, 15) is 0 Å². The van der Waals surface area contributed by atoms with Crippen LogP contribution in [0.3, 0.4) is 0 Å². The van der Waals surface area contributed by atoms with Gasteiger partial charge < -0.3 is 9.97 Å². The number of fused-ring (bicyclic) bond motifs is 20. The average Bonchev–Trinajstić information content (AvgIpc) is 3.73. The molecule has 2 aliphatic rings. The molecule has 0 atom stereocenters. The molecule has 0 unspecified atom stereocenters. The van der Waals surface area contributed by atoms with Crippen LogP contribution in [0.15, 0.2) is 73.3 Å². The molecule has 9 rings (SSSR count). The normalized spacial score (nSPS) is 12.0. The summed E-state index contributed by atoms with van der Waals surface area (Å²) in [6.45, 7) is 0. The highest BCUT2D eigenvalue weighted by Gasteiger charge is 2.24. The van der Waals surface area contributed by atoms with Gasteiger partial charge in [0.2, 0.25) is 0 Å². The zero-order chi connectivity index (χ0) is 26.2. The Balaban J connectivity index is 1.51. The van der Waals surface area contributed by atoms with Gasteiger partial charge in [-0.1, -0.05) is 48.5 Å². The second-order valence-electron chi connectivity index (χ2n) is 9.21. The molecule has 12 nitrogen and oxygen atoms in total. The second kappa shape index (κ2) is 7.74. The summed E-state index contributed by atoms with van der Waals surface area (Å²) in [5.41, 5.74) is 4.52. The maximum absolute atomic E-state index is 4.88. The standard InChI is InChI=1S/C28H14N12/c1-2-6-14-13(5-1)21-33-22(14)36-26-19-20(32-12-11-31-19)28(40-26)38-24-16-8-4-3-7-15(16)23(34-24)37-27-18-17(25(35-21)39-27)29-9-10-30-18/h1-12H,(H2,33,34,35,36,37,38,39,40). The van der Waals surface area contributed by atoms with Gasteiger partial charge in [0.1, 0.15) is 45.4 Å². The Morgan fingerprint density at radius 3 is 0.900 bits per heavy atom. The van der Waals surface area contributed by atoms with Crippen molar-refractivity contribution in [3.05, 3.63) is 73.3 Å². The van der Waals surface area contributed by atoms with E-state index in [0.29, 0.717) is 68.7 Å². The van der Waals surface area contributed by atoms with Crippen LogP contribution in [0.5, 0.6) is 0 Å². The molecule has 0 saturated carbocycles. The van der Waals surface area contributed by atoms with E-state index in [2.05, 4.69) is 29.9 Å². The van der Waals surface area contributed by atoms with Gasteiger partial charge in [-0.05, 0) is 0 Å². The van der Waals surface area contributed by atoms with E-state index in [1.807, 2.05) is 48.5 Å². The van der Waals surface area contributed by atoms with Crippen molar-refractivity contribution >= 4 is 44.1 Å². The monoisotopic (exact) mass is 518 g/mol. The van der Waals surface area contributed by atoms with Crippen LogP contribution in [0.2, 0.25) is 0 Å². The maximum Gasteiger partial charge on any atom is 0.184 e. The Hall–Kier alpha value is -6.04. The van der Waals surface area contributed by atoms with Crippen LogP contribution in [0.4, 0.5) is 0 Å². The molecule has 7 heterocycles. The van der Waals surface area contributed by atoms with Crippen molar-refractivity contribution < 1.29 is 0 Å². The Morgan fingerprint density at radius 2 is 0.625 bits per heavy atom. The predicted molar refractivity (Wildman–Crippen MR) is 147 cm³/mol. The Labute approximate surface area is 223 Å². The van der Waals surface area contributed by atoms with Crippen LogP contribution in [0, 0.1) is 0 Å². The summed E-state index contributed by atoms with van der Waals surface area (Å²) in [6, 6.07) is 15.7. The Bertz CT molecular complexity index is 2030. The number of aromatic nitrogens is 12. The van der Waals surface area contributed by atoms with Crippen LogP contribution in [-0.4, -0.2) is 59.8 Å². The zero-order valence-corrected chi connectivity index (χ0v) is 20.4. The predicted octanol–water partition coefficient (Wildman–Crippen LogP) is 4.45. The largest absolute Gasteiger partial charge is 0.324 e. The van der Waals surface area contributed by atoms with Gasteiger partial charge in [0.25, 0.3) is 0 Å². The van der Waals surface area contributed by atoms with Crippen molar-refractivity contribution in [2.45, 2.75) is 0 Å². The molecule has 2 aromatic carbocycles. The van der Waals surface area contributed by atoms with Crippen LogP contribution < -0.4 is 0 Å². The highest BCUT2D eigenvalue weighted by atomic mass is 15.1. The van der Waals surface area contributed by atoms with Crippen molar-refractivity contribution in [2.24, 2.45) is 0 Å². The number of hydrogen-bond donors (Lipinski definition) is 2. The molecular formula is C28H14N12. The molecule has 8 bridgehead atoms. The maximum atomic E-state index is 4.88. The molecule has 186 valence electrons. The molecule has 0 aliphatic carbocycles. The lowest BCUT2D eigenvalue weighted by Crippen LogP contribution is -1.89. The fourth-order valence-corrected chi connectivity index (χ4v) is 5.12. The fraction of sp³-hybridized carbons (Fsp3) is 0. The van der Waals surface area contributed by atoms with Gasteiger partial charge >= 0.3 is 0 Å². The first-order valence-electron chi connectivity index (χ1n) is 12.4. The fourth-order valence-electron chi connectivity index (χ4n) is 5.12. The molecule has 2 aliphatic heterocycles. The van der Waals surface area contributed by atoms with Gasteiger partial charge in [0.05, 0.1) is 0 Å². The number of H-pyrrole nitrogens is 2. The molecule has 12 heteroatoms. The molecule has 0 fully saturated rings. The van der Waals surface area contributed by atoms with Gasteiger partial charge in [-0.25, -0.2) is 49.8 Å². The molecule has 0 saturated heterocycles. The van der Waals surface area contributed by atoms with Crippen molar-refractivity contribution in [1.82, 2.24) is 59.8 Å². The van der Waals surface area contributed by atoms with Crippen LogP contribution in [-0.2, 0) is 0 Å². The smallest absolute Gasteiger partial charge is 0.184 e. The molecule has 40 heavy (non-hydrogen) atoms. The van der Waals surface area contributed by atoms with Gasteiger partial charge in [0.15, 0.2) is 23.3 Å². The summed E-state index contributed by atoms with van der Waals surface area (Å²) >= 11 is 0. The second-order valence-corrected chi connectivity index (χ2v) is 9.21. The molecular weight excluding hydrogens is 504 g/mol.